The maximum absolute atomic E-state index is 12.4. The number of carbonyl (C=O) groups excluding carboxylic acids is 2. The second-order valence-corrected chi connectivity index (χ2v) is 7.03. The number of anilines is 1. The van der Waals surface area contributed by atoms with Gasteiger partial charge in [-0.1, -0.05) is 37.3 Å². The van der Waals surface area contributed by atoms with Gasteiger partial charge in [0.1, 0.15) is 5.82 Å². The van der Waals surface area contributed by atoms with Gasteiger partial charge >= 0.3 is 0 Å². The van der Waals surface area contributed by atoms with Crippen LogP contribution >= 0.6 is 0 Å². The Morgan fingerprint density at radius 3 is 2.70 bits per heavy atom. The lowest BCUT2D eigenvalue weighted by atomic mass is 9.95. The summed E-state index contributed by atoms with van der Waals surface area (Å²) in [5, 5.41) is 13.7. The van der Waals surface area contributed by atoms with Crippen LogP contribution in [0.3, 0.4) is 0 Å². The molecule has 1 saturated heterocycles. The highest BCUT2D eigenvalue weighted by Crippen LogP contribution is 2.21. The Labute approximate surface area is 159 Å². The molecule has 1 aromatic heterocycles. The summed E-state index contributed by atoms with van der Waals surface area (Å²) >= 11 is 0. The number of hydrogen-bond acceptors (Lipinski definition) is 4. The molecule has 3 N–H and O–H groups in total. The summed E-state index contributed by atoms with van der Waals surface area (Å²) in [5.41, 5.74) is 1.90. The van der Waals surface area contributed by atoms with Crippen LogP contribution in [0.2, 0.25) is 0 Å². The van der Waals surface area contributed by atoms with Gasteiger partial charge in [0, 0.05) is 18.5 Å². The van der Waals surface area contributed by atoms with E-state index in [-0.39, 0.29) is 23.8 Å². The maximum atomic E-state index is 12.4. The van der Waals surface area contributed by atoms with Crippen molar-refractivity contribution in [2.24, 2.45) is 5.92 Å². The third-order valence-corrected chi connectivity index (χ3v) is 4.93. The van der Waals surface area contributed by atoms with Gasteiger partial charge in [-0.3, -0.25) is 14.9 Å². The zero-order chi connectivity index (χ0) is 19.4. The van der Waals surface area contributed by atoms with Crippen LogP contribution in [0.15, 0.2) is 36.4 Å². The molecule has 2 heterocycles. The molecule has 27 heavy (non-hydrogen) atoms. The van der Waals surface area contributed by atoms with Crippen molar-refractivity contribution in [3.8, 4) is 0 Å². The average Bonchev–Trinajstić information content (AvgIpc) is 3.01. The van der Waals surface area contributed by atoms with Gasteiger partial charge in [-0.05, 0) is 32.3 Å². The predicted molar refractivity (Wildman–Crippen MR) is 104 cm³/mol. The van der Waals surface area contributed by atoms with Gasteiger partial charge in [0.15, 0.2) is 6.29 Å². The highest BCUT2D eigenvalue weighted by atomic mass is 16.2. The summed E-state index contributed by atoms with van der Waals surface area (Å²) in [5.74, 6) is 0.428. The minimum atomic E-state index is -0.478. The van der Waals surface area contributed by atoms with Gasteiger partial charge < -0.3 is 10.6 Å². The molecular weight excluding hydrogens is 342 g/mol. The molecular formula is C20H27N5O2. The summed E-state index contributed by atoms with van der Waals surface area (Å²) in [7, 11) is 0. The van der Waals surface area contributed by atoms with E-state index in [9.17, 15) is 9.59 Å². The average molecular weight is 369 g/mol. The first-order valence-corrected chi connectivity index (χ1v) is 9.44. The lowest BCUT2D eigenvalue weighted by Crippen LogP contribution is -2.57. The van der Waals surface area contributed by atoms with E-state index in [2.05, 4.69) is 21.0 Å². The molecule has 144 valence electrons. The van der Waals surface area contributed by atoms with Crippen LogP contribution in [0.4, 0.5) is 5.82 Å². The van der Waals surface area contributed by atoms with E-state index < -0.39 is 6.29 Å². The van der Waals surface area contributed by atoms with Gasteiger partial charge in [0.05, 0.1) is 11.6 Å². The minimum absolute atomic E-state index is 0.00302. The second-order valence-electron chi connectivity index (χ2n) is 7.03. The number of rotatable bonds is 6. The Morgan fingerprint density at radius 2 is 2.04 bits per heavy atom. The standard InChI is InChI=1S/C20H27N5O2/c1-4-16-14(3)21-20(23-19(16)27)25-17(12-13(2)24-25)22-18(26)11-10-15-8-6-5-7-9-15/h5-9,12,14,16,20-21H,4,10-11H2,1-3H3,(H,22,26)(H,23,27). The molecule has 0 saturated carbocycles. The lowest BCUT2D eigenvalue weighted by molar-refractivity contribution is -0.130. The summed E-state index contributed by atoms with van der Waals surface area (Å²) in [6.07, 6.45) is 1.35. The molecule has 7 nitrogen and oxygen atoms in total. The van der Waals surface area contributed by atoms with Crippen LogP contribution in [0.5, 0.6) is 0 Å². The van der Waals surface area contributed by atoms with Crippen molar-refractivity contribution in [1.29, 1.82) is 0 Å². The van der Waals surface area contributed by atoms with E-state index in [1.165, 1.54) is 0 Å². The largest absolute Gasteiger partial charge is 0.322 e. The van der Waals surface area contributed by atoms with Crippen molar-refractivity contribution in [3.05, 3.63) is 47.7 Å². The topological polar surface area (TPSA) is 88.1 Å². The van der Waals surface area contributed by atoms with Crippen molar-refractivity contribution in [2.45, 2.75) is 52.4 Å². The van der Waals surface area contributed by atoms with E-state index in [0.29, 0.717) is 18.7 Å². The number of benzene rings is 1. The molecule has 3 rings (SSSR count). The Hall–Kier alpha value is -2.67. The Balaban J connectivity index is 1.67. The van der Waals surface area contributed by atoms with E-state index in [4.69, 9.17) is 0 Å². The maximum Gasteiger partial charge on any atom is 0.227 e. The highest BCUT2D eigenvalue weighted by molar-refractivity contribution is 5.90. The molecule has 3 unspecified atom stereocenters. The number of hydrogen-bond donors (Lipinski definition) is 3. The summed E-state index contributed by atoms with van der Waals surface area (Å²) in [6, 6.07) is 11.7. The smallest absolute Gasteiger partial charge is 0.227 e. The number of carbonyl (C=O) groups is 2. The van der Waals surface area contributed by atoms with Crippen LogP contribution in [-0.2, 0) is 16.0 Å². The van der Waals surface area contributed by atoms with E-state index >= 15 is 0 Å². The van der Waals surface area contributed by atoms with Crippen LogP contribution < -0.4 is 16.0 Å². The fourth-order valence-corrected chi connectivity index (χ4v) is 3.46. The quantitative estimate of drug-likeness (QED) is 0.729. The van der Waals surface area contributed by atoms with E-state index in [1.807, 2.05) is 57.2 Å². The van der Waals surface area contributed by atoms with Crippen molar-refractivity contribution in [1.82, 2.24) is 20.4 Å². The first-order valence-electron chi connectivity index (χ1n) is 9.44. The molecule has 1 aromatic carbocycles. The molecule has 0 bridgehead atoms. The predicted octanol–water partition coefficient (Wildman–Crippen LogP) is 2.35. The zero-order valence-electron chi connectivity index (χ0n) is 16.0. The Bertz CT molecular complexity index is 802. The molecule has 0 aliphatic carbocycles. The van der Waals surface area contributed by atoms with Gasteiger partial charge in [0.2, 0.25) is 11.8 Å². The van der Waals surface area contributed by atoms with Crippen molar-refractivity contribution < 1.29 is 9.59 Å². The highest BCUT2D eigenvalue weighted by Gasteiger charge is 2.34. The normalized spacial score (nSPS) is 22.3. The van der Waals surface area contributed by atoms with Gasteiger partial charge in [-0.25, -0.2) is 4.68 Å². The first-order chi connectivity index (χ1) is 13.0. The monoisotopic (exact) mass is 369 g/mol. The Kier molecular flexibility index (Phi) is 5.91. The van der Waals surface area contributed by atoms with Crippen LogP contribution in [-0.4, -0.2) is 27.6 Å². The number of nitrogens with zero attached hydrogens (tertiary/aromatic N) is 2. The molecule has 0 radical (unpaired) electrons. The van der Waals surface area contributed by atoms with Crippen molar-refractivity contribution in [2.75, 3.05) is 5.32 Å². The molecule has 1 aliphatic rings. The second kappa shape index (κ2) is 8.35. The van der Waals surface area contributed by atoms with Gasteiger partial charge in [-0.15, -0.1) is 0 Å². The summed E-state index contributed by atoms with van der Waals surface area (Å²) < 4.78 is 1.63. The Morgan fingerprint density at radius 1 is 1.30 bits per heavy atom. The molecule has 1 fully saturated rings. The minimum Gasteiger partial charge on any atom is -0.322 e. The fourth-order valence-electron chi connectivity index (χ4n) is 3.46. The van der Waals surface area contributed by atoms with Crippen molar-refractivity contribution >= 4 is 17.6 Å². The molecule has 3 atom stereocenters. The van der Waals surface area contributed by atoms with E-state index in [1.54, 1.807) is 4.68 Å². The van der Waals surface area contributed by atoms with Gasteiger partial charge in [-0.2, -0.15) is 5.10 Å². The number of nitrogens with one attached hydrogen (secondary N) is 3. The molecule has 1 aliphatic heterocycles. The summed E-state index contributed by atoms with van der Waals surface area (Å²) in [6.45, 7) is 5.85. The SMILES string of the molecule is CCC1C(=O)NC(n2nc(C)cc2NC(=O)CCc2ccccc2)NC1C. The molecule has 7 heteroatoms. The third kappa shape index (κ3) is 4.54. The number of aromatic nitrogens is 2. The molecule has 0 spiro atoms. The van der Waals surface area contributed by atoms with E-state index in [0.717, 1.165) is 17.7 Å². The lowest BCUT2D eigenvalue weighted by Gasteiger charge is -2.35. The zero-order valence-corrected chi connectivity index (χ0v) is 16.0. The van der Waals surface area contributed by atoms with Crippen LogP contribution in [0, 0.1) is 12.8 Å². The summed E-state index contributed by atoms with van der Waals surface area (Å²) in [4.78, 5) is 24.7. The van der Waals surface area contributed by atoms with Crippen LogP contribution in [0.25, 0.3) is 0 Å². The number of aryl methyl sites for hydroxylation is 2. The van der Waals surface area contributed by atoms with Gasteiger partial charge in [0.25, 0.3) is 0 Å². The fraction of sp³-hybridized carbons (Fsp3) is 0.450. The first kappa shape index (κ1) is 19.1. The number of amides is 2. The third-order valence-electron chi connectivity index (χ3n) is 4.93. The molecule has 2 aromatic rings. The molecule has 2 amide bonds. The van der Waals surface area contributed by atoms with Crippen LogP contribution in [0.1, 0.15) is 44.2 Å². The van der Waals surface area contributed by atoms with Crippen molar-refractivity contribution in [3.63, 3.8) is 0 Å².